The van der Waals surface area contributed by atoms with Gasteiger partial charge in [-0.25, -0.2) is 4.79 Å². The molecule has 0 fully saturated rings. The number of rotatable bonds is 5. The second kappa shape index (κ2) is 9.74. The third kappa shape index (κ3) is 4.69. The van der Waals surface area contributed by atoms with Crippen LogP contribution >= 0.6 is 63.7 Å². The number of phenols is 1. The van der Waals surface area contributed by atoms with Crippen molar-refractivity contribution < 1.29 is 23.8 Å². The molecular formula is C24H14Br4O5. The van der Waals surface area contributed by atoms with Crippen molar-refractivity contribution in [3.8, 4) is 11.5 Å². The van der Waals surface area contributed by atoms with Gasteiger partial charge in [-0.05, 0) is 94.1 Å². The number of halogens is 4. The van der Waals surface area contributed by atoms with Crippen LogP contribution in [0.15, 0.2) is 70.8 Å². The van der Waals surface area contributed by atoms with Crippen molar-refractivity contribution in [1.29, 1.82) is 0 Å². The Morgan fingerprint density at radius 2 is 1.48 bits per heavy atom. The van der Waals surface area contributed by atoms with E-state index in [9.17, 15) is 14.7 Å². The summed E-state index contributed by atoms with van der Waals surface area (Å²) in [6.45, 7) is 1.93. The molecule has 0 aliphatic carbocycles. The number of carbonyl (C=O) groups is 2. The predicted octanol–water partition coefficient (Wildman–Crippen LogP) is 8.20. The molecule has 0 aliphatic heterocycles. The van der Waals surface area contributed by atoms with Gasteiger partial charge in [-0.15, -0.1) is 0 Å². The van der Waals surface area contributed by atoms with E-state index in [0.29, 0.717) is 46.8 Å². The van der Waals surface area contributed by atoms with Gasteiger partial charge in [0, 0.05) is 17.4 Å². The smallest absolute Gasteiger partial charge is 0.343 e. The number of esters is 1. The molecule has 3 aromatic carbocycles. The molecule has 0 saturated carbocycles. The number of hydrogen-bond donors (Lipinski definition) is 1. The summed E-state index contributed by atoms with van der Waals surface area (Å²) in [7, 11) is 0. The van der Waals surface area contributed by atoms with Crippen LogP contribution in [0.25, 0.3) is 11.0 Å². The Hall–Kier alpha value is -1.94. The summed E-state index contributed by atoms with van der Waals surface area (Å²) in [5, 5.41) is 10.6. The number of aromatic hydroxyl groups is 1. The first-order valence-corrected chi connectivity index (χ1v) is 12.8. The Morgan fingerprint density at radius 3 is 2.09 bits per heavy atom. The van der Waals surface area contributed by atoms with Crippen LogP contribution in [-0.2, 0) is 6.42 Å². The molecule has 0 radical (unpaired) electrons. The maximum atomic E-state index is 13.4. The fourth-order valence-electron chi connectivity index (χ4n) is 3.36. The summed E-state index contributed by atoms with van der Waals surface area (Å²) >= 11 is 13.2. The van der Waals surface area contributed by atoms with E-state index in [4.69, 9.17) is 9.15 Å². The van der Waals surface area contributed by atoms with Crippen LogP contribution in [0.2, 0.25) is 0 Å². The largest absolute Gasteiger partial charge is 0.506 e. The van der Waals surface area contributed by atoms with Crippen molar-refractivity contribution >= 4 is 86.4 Å². The average molecular weight is 702 g/mol. The van der Waals surface area contributed by atoms with Crippen LogP contribution in [0.4, 0.5) is 0 Å². The number of para-hydroxylation sites is 1. The first kappa shape index (κ1) is 24.2. The first-order valence-electron chi connectivity index (χ1n) is 9.65. The second-order valence-corrected chi connectivity index (χ2v) is 10.4. The molecular weight excluding hydrogens is 688 g/mol. The van der Waals surface area contributed by atoms with Gasteiger partial charge in [-0.2, -0.15) is 0 Å². The molecule has 0 unspecified atom stereocenters. The van der Waals surface area contributed by atoms with Crippen LogP contribution in [0.3, 0.4) is 0 Å². The second-order valence-electron chi connectivity index (χ2n) is 7.03. The van der Waals surface area contributed by atoms with Gasteiger partial charge in [0.2, 0.25) is 0 Å². The average Bonchev–Trinajstić information content (AvgIpc) is 3.17. The van der Waals surface area contributed by atoms with Crippen LogP contribution < -0.4 is 4.74 Å². The highest BCUT2D eigenvalue weighted by Gasteiger charge is 2.24. The van der Waals surface area contributed by atoms with Gasteiger partial charge >= 0.3 is 5.97 Å². The quantitative estimate of drug-likeness (QED) is 0.129. The van der Waals surface area contributed by atoms with Crippen LogP contribution in [0.1, 0.15) is 39.0 Å². The van der Waals surface area contributed by atoms with Gasteiger partial charge in [-0.3, -0.25) is 4.79 Å². The minimum absolute atomic E-state index is 0.0185. The molecule has 5 nitrogen and oxygen atoms in total. The zero-order chi connectivity index (χ0) is 23.9. The molecule has 9 heteroatoms. The summed E-state index contributed by atoms with van der Waals surface area (Å²) in [5.41, 5.74) is 1.82. The van der Waals surface area contributed by atoms with E-state index >= 15 is 0 Å². The third-order valence-electron chi connectivity index (χ3n) is 4.92. The molecule has 0 saturated heterocycles. The van der Waals surface area contributed by atoms with Crippen molar-refractivity contribution in [2.24, 2.45) is 0 Å². The Labute approximate surface area is 222 Å². The zero-order valence-corrected chi connectivity index (χ0v) is 23.3. The monoisotopic (exact) mass is 698 g/mol. The summed E-state index contributed by atoms with van der Waals surface area (Å²) in [6, 6.07) is 13.6. The Morgan fingerprint density at radius 1 is 0.909 bits per heavy atom. The van der Waals surface area contributed by atoms with Gasteiger partial charge in [-0.1, -0.05) is 25.1 Å². The lowest BCUT2D eigenvalue weighted by Crippen LogP contribution is -2.10. The summed E-state index contributed by atoms with van der Waals surface area (Å²) < 4.78 is 13.0. The molecule has 0 aliphatic rings. The number of carbonyl (C=O) groups excluding carboxylic acids is 2. The molecule has 168 valence electrons. The lowest BCUT2D eigenvalue weighted by atomic mass is 9.99. The normalized spacial score (nSPS) is 11.1. The van der Waals surface area contributed by atoms with Crippen LogP contribution in [0, 0.1) is 0 Å². The highest BCUT2D eigenvalue weighted by molar-refractivity contribution is 9.11. The van der Waals surface area contributed by atoms with Crippen molar-refractivity contribution in [3.05, 3.63) is 88.9 Å². The Kier molecular flexibility index (Phi) is 7.14. The predicted molar refractivity (Wildman–Crippen MR) is 139 cm³/mol. The van der Waals surface area contributed by atoms with E-state index in [1.54, 1.807) is 12.1 Å². The minimum atomic E-state index is -0.633. The van der Waals surface area contributed by atoms with Gasteiger partial charge in [0.25, 0.3) is 0 Å². The van der Waals surface area contributed by atoms with Crippen molar-refractivity contribution in [2.75, 3.05) is 0 Å². The SMILES string of the molecule is CCc1oc2ccccc2c1C(=O)c1cc(Br)c(OC(=O)c2cc(Br)c(O)c(Br)c2)c(Br)c1. The number of ketones is 1. The van der Waals surface area contributed by atoms with E-state index < -0.39 is 5.97 Å². The summed E-state index contributed by atoms with van der Waals surface area (Å²) in [4.78, 5) is 26.1. The molecule has 1 heterocycles. The summed E-state index contributed by atoms with van der Waals surface area (Å²) in [5.74, 6) is 0.000474. The van der Waals surface area contributed by atoms with Crippen molar-refractivity contribution in [2.45, 2.75) is 13.3 Å². The number of phenolic OH excluding ortho intramolecular Hbond substituents is 1. The molecule has 1 N–H and O–H groups in total. The topological polar surface area (TPSA) is 76.7 Å². The van der Waals surface area contributed by atoms with Crippen LogP contribution in [-0.4, -0.2) is 16.9 Å². The number of fused-ring (bicyclic) bond motifs is 1. The molecule has 0 bridgehead atoms. The van der Waals surface area contributed by atoms with Crippen molar-refractivity contribution in [1.82, 2.24) is 0 Å². The summed E-state index contributed by atoms with van der Waals surface area (Å²) in [6.07, 6.45) is 0.575. The van der Waals surface area contributed by atoms with E-state index in [-0.39, 0.29) is 22.8 Å². The number of hydrogen-bond acceptors (Lipinski definition) is 5. The van der Waals surface area contributed by atoms with Gasteiger partial charge < -0.3 is 14.3 Å². The molecule has 1 aromatic heterocycles. The van der Waals surface area contributed by atoms with E-state index in [1.165, 1.54) is 12.1 Å². The Bertz CT molecular complexity index is 1380. The van der Waals surface area contributed by atoms with Crippen molar-refractivity contribution in [3.63, 3.8) is 0 Å². The number of benzene rings is 3. The van der Waals surface area contributed by atoms with Gasteiger partial charge in [0.05, 0.1) is 29.0 Å². The van der Waals surface area contributed by atoms with E-state index in [1.807, 2.05) is 31.2 Å². The minimum Gasteiger partial charge on any atom is -0.506 e. The molecule has 4 rings (SSSR count). The Balaban J connectivity index is 1.68. The first-order chi connectivity index (χ1) is 15.7. The highest BCUT2D eigenvalue weighted by atomic mass is 79.9. The maximum absolute atomic E-state index is 13.4. The van der Waals surface area contributed by atoms with E-state index in [0.717, 1.165) is 5.39 Å². The maximum Gasteiger partial charge on any atom is 0.343 e. The van der Waals surface area contributed by atoms with Crippen LogP contribution in [0.5, 0.6) is 11.5 Å². The standard InChI is InChI=1S/C24H14Br4O5/c1-2-18-20(13-5-3-4-6-19(13)32-18)21(29)11-7-16(27)23(17(28)8-11)33-24(31)12-9-14(25)22(30)15(26)10-12/h3-10,30H,2H2,1H3. The van der Waals surface area contributed by atoms with Gasteiger partial charge in [0.1, 0.15) is 17.1 Å². The number of ether oxygens (including phenoxy) is 1. The lowest BCUT2D eigenvalue weighted by molar-refractivity contribution is 0.0732. The number of furan rings is 1. The highest BCUT2D eigenvalue weighted by Crippen LogP contribution is 2.38. The third-order valence-corrected chi connectivity index (χ3v) is 7.31. The lowest BCUT2D eigenvalue weighted by Gasteiger charge is -2.12. The van der Waals surface area contributed by atoms with E-state index in [2.05, 4.69) is 63.7 Å². The molecule has 4 aromatic rings. The fraction of sp³-hybridized carbons (Fsp3) is 0.0833. The molecule has 0 amide bonds. The fourth-order valence-corrected chi connectivity index (χ4v) is 5.90. The molecule has 0 spiro atoms. The zero-order valence-electron chi connectivity index (χ0n) is 16.9. The molecule has 33 heavy (non-hydrogen) atoms. The number of aryl methyl sites for hydroxylation is 1. The molecule has 0 atom stereocenters. The van der Waals surface area contributed by atoms with Gasteiger partial charge in [0.15, 0.2) is 11.5 Å².